The summed E-state index contributed by atoms with van der Waals surface area (Å²) >= 11 is 0. The number of hydrogen-bond acceptors (Lipinski definition) is 8. The Balaban J connectivity index is 4.38. The number of hydrogen-bond donors (Lipinski definition) is 0. The topological polar surface area (TPSA) is 111 Å². The van der Waals surface area contributed by atoms with E-state index in [-0.39, 0.29) is 26.1 Å². The van der Waals surface area contributed by atoms with Gasteiger partial charge in [0.15, 0.2) is 6.10 Å². The molecule has 0 aliphatic heterocycles. The van der Waals surface area contributed by atoms with Gasteiger partial charge < -0.3 is 27.9 Å². The quantitative estimate of drug-likeness (QED) is 0.0200. The fraction of sp³-hybridized carbons (Fsp3) is 0.860. The molecule has 10 heteroatoms. The van der Waals surface area contributed by atoms with Gasteiger partial charge in [0.1, 0.15) is 19.8 Å². The minimum absolute atomic E-state index is 0.0313. The Labute approximate surface area is 326 Å². The standard InChI is InChI=1S/C43H82NO8P/c1-6-8-10-12-14-16-18-20-22-24-26-28-30-32-34-36-43(46)52-41(40-51-53(47,48)50-38-37-44(3,4)5)39-49-42(45)35-33-31-29-27-25-23-21-19-17-15-13-11-9-7-2/h13,15,19,21,41H,6-12,14,16-18,20,22-40H2,1-5H3/b15-13-,21-19-/t41-/m1/s1. The molecule has 0 spiro atoms. The van der Waals surface area contributed by atoms with Crippen LogP contribution in [0.4, 0.5) is 0 Å². The van der Waals surface area contributed by atoms with Crippen LogP contribution in [0.1, 0.15) is 187 Å². The van der Waals surface area contributed by atoms with Gasteiger partial charge in [-0.2, -0.15) is 0 Å². The molecule has 0 bridgehead atoms. The third-order valence-electron chi connectivity index (χ3n) is 9.22. The predicted octanol–water partition coefficient (Wildman–Crippen LogP) is 11.3. The van der Waals surface area contributed by atoms with Gasteiger partial charge in [0.25, 0.3) is 7.82 Å². The molecule has 0 radical (unpaired) electrons. The van der Waals surface area contributed by atoms with E-state index >= 15 is 0 Å². The van der Waals surface area contributed by atoms with Gasteiger partial charge in [-0.05, 0) is 38.5 Å². The Hall–Kier alpha value is -1.51. The third-order valence-corrected chi connectivity index (χ3v) is 10.2. The molecule has 53 heavy (non-hydrogen) atoms. The highest BCUT2D eigenvalue weighted by molar-refractivity contribution is 7.45. The van der Waals surface area contributed by atoms with Crippen molar-refractivity contribution in [3.8, 4) is 0 Å². The Kier molecular flexibility index (Phi) is 35.1. The van der Waals surface area contributed by atoms with Gasteiger partial charge in [0.2, 0.25) is 0 Å². The van der Waals surface area contributed by atoms with Crippen molar-refractivity contribution in [2.24, 2.45) is 0 Å². The van der Waals surface area contributed by atoms with E-state index in [0.29, 0.717) is 23.9 Å². The van der Waals surface area contributed by atoms with Crippen molar-refractivity contribution in [1.82, 2.24) is 0 Å². The number of quaternary nitrogens is 1. The van der Waals surface area contributed by atoms with Crippen LogP contribution in [0.25, 0.3) is 0 Å². The van der Waals surface area contributed by atoms with Crippen molar-refractivity contribution < 1.29 is 42.1 Å². The molecule has 0 fully saturated rings. The van der Waals surface area contributed by atoms with Crippen molar-refractivity contribution >= 4 is 19.8 Å². The number of rotatable bonds is 39. The maximum absolute atomic E-state index is 12.7. The summed E-state index contributed by atoms with van der Waals surface area (Å²) in [6.07, 6.45) is 37.7. The van der Waals surface area contributed by atoms with Crippen LogP contribution in [-0.2, 0) is 32.7 Å². The largest absolute Gasteiger partial charge is 0.756 e. The highest BCUT2D eigenvalue weighted by Gasteiger charge is 2.21. The molecule has 0 saturated carbocycles. The Morgan fingerprint density at radius 2 is 1.04 bits per heavy atom. The molecule has 0 amide bonds. The maximum atomic E-state index is 12.7. The zero-order valence-electron chi connectivity index (χ0n) is 35.0. The van der Waals surface area contributed by atoms with E-state index in [2.05, 4.69) is 38.2 Å². The fourth-order valence-electron chi connectivity index (χ4n) is 5.79. The monoisotopic (exact) mass is 772 g/mol. The second kappa shape index (κ2) is 36.1. The SMILES string of the molecule is CCCC/C=C\C/C=C\CCCCCCCC(=O)OC[C@H](COP(=O)([O-])OCC[N+](C)(C)C)OC(=O)CCCCCCCCCCCCCCCCC. The summed E-state index contributed by atoms with van der Waals surface area (Å²) in [6.45, 7) is 4.18. The summed E-state index contributed by atoms with van der Waals surface area (Å²) in [5, 5.41) is 0. The molecular formula is C43H82NO8P. The van der Waals surface area contributed by atoms with Crippen molar-refractivity contribution in [1.29, 1.82) is 0 Å². The van der Waals surface area contributed by atoms with Crippen LogP contribution in [0.3, 0.4) is 0 Å². The Bertz CT molecular complexity index is 964. The molecule has 2 atom stereocenters. The van der Waals surface area contributed by atoms with Gasteiger partial charge in [-0.15, -0.1) is 0 Å². The minimum atomic E-state index is -4.62. The van der Waals surface area contributed by atoms with Crippen LogP contribution in [0.5, 0.6) is 0 Å². The molecule has 0 aliphatic carbocycles. The van der Waals surface area contributed by atoms with E-state index in [1.165, 1.54) is 89.9 Å². The zero-order valence-corrected chi connectivity index (χ0v) is 35.9. The number of ether oxygens (including phenoxy) is 2. The number of unbranched alkanes of at least 4 members (excludes halogenated alkanes) is 21. The summed E-state index contributed by atoms with van der Waals surface area (Å²) in [6, 6.07) is 0. The van der Waals surface area contributed by atoms with Gasteiger partial charge in [-0.1, -0.05) is 160 Å². The lowest BCUT2D eigenvalue weighted by atomic mass is 10.0. The molecule has 0 N–H and O–H groups in total. The Morgan fingerprint density at radius 3 is 1.55 bits per heavy atom. The van der Waals surface area contributed by atoms with E-state index in [9.17, 15) is 19.0 Å². The summed E-state index contributed by atoms with van der Waals surface area (Å²) in [7, 11) is 1.16. The van der Waals surface area contributed by atoms with Crippen LogP contribution < -0.4 is 4.89 Å². The first-order valence-electron chi connectivity index (χ1n) is 21.5. The van der Waals surface area contributed by atoms with Crippen molar-refractivity contribution in [2.75, 3.05) is 47.5 Å². The summed E-state index contributed by atoms with van der Waals surface area (Å²) in [4.78, 5) is 37.5. The molecule has 0 aromatic heterocycles. The molecule has 0 saturated heterocycles. The molecule has 0 aromatic carbocycles. The number of likely N-dealkylation sites (N-methyl/N-ethyl adjacent to an activating group) is 1. The van der Waals surface area contributed by atoms with Crippen LogP contribution in [0.2, 0.25) is 0 Å². The predicted molar refractivity (Wildman–Crippen MR) is 218 cm³/mol. The number of allylic oxidation sites excluding steroid dienone is 4. The zero-order chi connectivity index (χ0) is 39.3. The molecular weight excluding hydrogens is 689 g/mol. The van der Waals surface area contributed by atoms with Crippen LogP contribution in [0.15, 0.2) is 24.3 Å². The average Bonchev–Trinajstić information content (AvgIpc) is 3.10. The lowest BCUT2D eigenvalue weighted by Crippen LogP contribution is -2.37. The number of phosphoric acid groups is 1. The molecule has 0 aliphatic rings. The lowest BCUT2D eigenvalue weighted by molar-refractivity contribution is -0.870. The van der Waals surface area contributed by atoms with Crippen LogP contribution in [0, 0.1) is 0 Å². The van der Waals surface area contributed by atoms with Gasteiger partial charge in [0.05, 0.1) is 27.7 Å². The second-order valence-electron chi connectivity index (χ2n) is 15.7. The van der Waals surface area contributed by atoms with Gasteiger partial charge in [-0.3, -0.25) is 14.2 Å². The van der Waals surface area contributed by atoms with Crippen LogP contribution >= 0.6 is 7.82 Å². The van der Waals surface area contributed by atoms with Crippen molar-refractivity contribution in [3.05, 3.63) is 24.3 Å². The molecule has 0 aromatic rings. The number of nitrogens with zero attached hydrogens (tertiary/aromatic N) is 1. The van der Waals surface area contributed by atoms with Crippen molar-refractivity contribution in [3.63, 3.8) is 0 Å². The average molecular weight is 772 g/mol. The third kappa shape index (κ3) is 40.0. The molecule has 0 heterocycles. The molecule has 1 unspecified atom stereocenters. The Morgan fingerprint density at radius 1 is 0.585 bits per heavy atom. The van der Waals surface area contributed by atoms with Crippen LogP contribution in [-0.4, -0.2) is 70.0 Å². The molecule has 312 valence electrons. The second-order valence-corrected chi connectivity index (χ2v) is 17.1. The first-order chi connectivity index (χ1) is 25.5. The summed E-state index contributed by atoms with van der Waals surface area (Å²) in [5.74, 6) is -0.845. The van der Waals surface area contributed by atoms with Gasteiger partial charge in [0, 0.05) is 12.8 Å². The van der Waals surface area contributed by atoms with E-state index in [4.69, 9.17) is 18.5 Å². The maximum Gasteiger partial charge on any atom is 0.306 e. The van der Waals surface area contributed by atoms with E-state index in [1.807, 2.05) is 21.1 Å². The first kappa shape index (κ1) is 51.5. The summed E-state index contributed by atoms with van der Waals surface area (Å²) in [5.41, 5.74) is 0. The van der Waals surface area contributed by atoms with Gasteiger partial charge >= 0.3 is 11.9 Å². The minimum Gasteiger partial charge on any atom is -0.756 e. The summed E-state index contributed by atoms with van der Waals surface area (Å²) < 4.78 is 33.9. The lowest BCUT2D eigenvalue weighted by Gasteiger charge is -2.28. The van der Waals surface area contributed by atoms with E-state index < -0.39 is 32.5 Å². The molecule has 0 rings (SSSR count). The number of carbonyl (C=O) groups is 2. The number of esters is 2. The van der Waals surface area contributed by atoms with E-state index in [1.54, 1.807) is 0 Å². The fourth-order valence-corrected chi connectivity index (χ4v) is 6.52. The normalized spacial score (nSPS) is 13.8. The number of carbonyl (C=O) groups excluding carboxylic acids is 2. The first-order valence-corrected chi connectivity index (χ1v) is 23.0. The van der Waals surface area contributed by atoms with E-state index in [0.717, 1.165) is 57.8 Å². The highest BCUT2D eigenvalue weighted by Crippen LogP contribution is 2.38. The highest BCUT2D eigenvalue weighted by atomic mass is 31.2. The smallest absolute Gasteiger partial charge is 0.306 e. The molecule has 9 nitrogen and oxygen atoms in total. The van der Waals surface area contributed by atoms with Gasteiger partial charge in [-0.25, -0.2) is 0 Å². The van der Waals surface area contributed by atoms with Crippen molar-refractivity contribution in [2.45, 2.75) is 193 Å². The number of phosphoric ester groups is 1.